The maximum Gasteiger partial charge on any atom is 0.0383 e. The summed E-state index contributed by atoms with van der Waals surface area (Å²) in [6.07, 6.45) is 0.952. The number of benzene rings is 3. The van der Waals surface area contributed by atoms with Crippen LogP contribution in [0.3, 0.4) is 0 Å². The summed E-state index contributed by atoms with van der Waals surface area (Å²) in [6, 6.07) is 30.1. The van der Waals surface area contributed by atoms with Gasteiger partial charge in [0.2, 0.25) is 0 Å². The van der Waals surface area contributed by atoms with Crippen LogP contribution in [-0.4, -0.2) is 0 Å². The second kappa shape index (κ2) is 6.41. The highest BCUT2D eigenvalue weighted by molar-refractivity contribution is 5.48. The van der Waals surface area contributed by atoms with E-state index in [9.17, 15) is 0 Å². The zero-order chi connectivity index (χ0) is 14.5. The molecule has 3 rings (SSSR count). The lowest BCUT2D eigenvalue weighted by Gasteiger charge is -2.18. The SMILES string of the molecule is Cc1ccc([C](Cc2ccccc2)c2ccccc2)cc1. The van der Waals surface area contributed by atoms with E-state index in [0.717, 1.165) is 6.42 Å². The second-order valence-electron chi connectivity index (χ2n) is 5.37. The fraction of sp³-hybridized carbons (Fsp3) is 0.0952. The number of rotatable bonds is 4. The maximum atomic E-state index is 2.22. The van der Waals surface area contributed by atoms with Crippen molar-refractivity contribution in [3.63, 3.8) is 0 Å². The third kappa shape index (κ3) is 3.41. The number of aryl methyl sites for hydroxylation is 1. The van der Waals surface area contributed by atoms with Crippen molar-refractivity contribution in [1.29, 1.82) is 0 Å². The maximum absolute atomic E-state index is 2.22. The van der Waals surface area contributed by atoms with Gasteiger partial charge in [0.15, 0.2) is 0 Å². The van der Waals surface area contributed by atoms with Crippen molar-refractivity contribution >= 4 is 0 Å². The van der Waals surface area contributed by atoms with E-state index in [1.807, 2.05) is 0 Å². The Kier molecular flexibility index (Phi) is 4.16. The molecule has 0 aromatic heterocycles. The molecule has 0 atom stereocenters. The van der Waals surface area contributed by atoms with Crippen LogP contribution >= 0.6 is 0 Å². The summed E-state index contributed by atoms with van der Waals surface area (Å²) >= 11 is 0. The normalized spacial score (nSPS) is 10.8. The van der Waals surface area contributed by atoms with Crippen molar-refractivity contribution in [1.82, 2.24) is 0 Å². The molecule has 0 heterocycles. The minimum absolute atomic E-state index is 0.952. The minimum atomic E-state index is 0.952. The van der Waals surface area contributed by atoms with Gasteiger partial charge in [0.05, 0.1) is 0 Å². The topological polar surface area (TPSA) is 0 Å². The first-order valence-corrected chi connectivity index (χ1v) is 7.35. The van der Waals surface area contributed by atoms with E-state index in [-0.39, 0.29) is 0 Å². The Bertz CT molecular complexity index is 666. The molecule has 0 amide bonds. The van der Waals surface area contributed by atoms with Crippen LogP contribution in [-0.2, 0) is 6.42 Å². The fourth-order valence-electron chi connectivity index (χ4n) is 2.56. The van der Waals surface area contributed by atoms with Crippen LogP contribution < -0.4 is 0 Å². The summed E-state index contributed by atoms with van der Waals surface area (Å²) in [7, 11) is 0. The molecule has 0 aliphatic rings. The molecule has 0 nitrogen and oxygen atoms in total. The van der Waals surface area contributed by atoms with Gasteiger partial charge < -0.3 is 0 Å². The zero-order valence-electron chi connectivity index (χ0n) is 12.3. The molecule has 1 radical (unpaired) electrons. The Labute approximate surface area is 127 Å². The highest BCUT2D eigenvalue weighted by Gasteiger charge is 2.15. The molecule has 0 fully saturated rings. The van der Waals surface area contributed by atoms with Crippen LogP contribution in [0.4, 0.5) is 0 Å². The van der Waals surface area contributed by atoms with Crippen LogP contribution in [0.2, 0.25) is 0 Å². The Balaban J connectivity index is 1.97. The molecule has 21 heavy (non-hydrogen) atoms. The van der Waals surface area contributed by atoms with Gasteiger partial charge in [-0.1, -0.05) is 90.5 Å². The summed E-state index contributed by atoms with van der Waals surface area (Å²) in [5.74, 6) is 1.38. The van der Waals surface area contributed by atoms with Gasteiger partial charge >= 0.3 is 0 Å². The molecule has 0 saturated heterocycles. The Hall–Kier alpha value is -2.34. The van der Waals surface area contributed by atoms with Crippen molar-refractivity contribution in [2.75, 3.05) is 0 Å². The molecule has 0 spiro atoms. The predicted octanol–water partition coefficient (Wildman–Crippen LogP) is 5.21. The average Bonchev–Trinajstić information content (AvgIpc) is 2.55. The monoisotopic (exact) mass is 271 g/mol. The smallest absolute Gasteiger partial charge is 0.0383 e. The van der Waals surface area contributed by atoms with Gasteiger partial charge in [-0.2, -0.15) is 0 Å². The molecule has 0 unspecified atom stereocenters. The van der Waals surface area contributed by atoms with Gasteiger partial charge in [0.1, 0.15) is 0 Å². The lowest BCUT2D eigenvalue weighted by molar-refractivity contribution is 1.03. The summed E-state index contributed by atoms with van der Waals surface area (Å²) < 4.78 is 0. The molecule has 103 valence electrons. The van der Waals surface area contributed by atoms with Gasteiger partial charge in [-0.15, -0.1) is 0 Å². The molecule has 0 N–H and O–H groups in total. The summed E-state index contributed by atoms with van der Waals surface area (Å²) in [4.78, 5) is 0. The molecular weight excluding hydrogens is 252 g/mol. The van der Waals surface area contributed by atoms with E-state index in [0.29, 0.717) is 0 Å². The highest BCUT2D eigenvalue weighted by Crippen LogP contribution is 2.27. The highest BCUT2D eigenvalue weighted by atomic mass is 14.2. The van der Waals surface area contributed by atoms with Gasteiger partial charge in [-0.3, -0.25) is 0 Å². The number of hydrogen-bond donors (Lipinski definition) is 0. The van der Waals surface area contributed by atoms with Crippen molar-refractivity contribution in [3.8, 4) is 0 Å². The molecule has 0 saturated carbocycles. The van der Waals surface area contributed by atoms with E-state index in [4.69, 9.17) is 0 Å². The Morgan fingerprint density at radius 2 is 1.14 bits per heavy atom. The van der Waals surface area contributed by atoms with E-state index in [2.05, 4.69) is 91.9 Å². The van der Waals surface area contributed by atoms with E-state index in [1.165, 1.54) is 28.2 Å². The van der Waals surface area contributed by atoms with Crippen LogP contribution in [0.5, 0.6) is 0 Å². The standard InChI is InChI=1S/C21H19/c1-17-12-14-20(15-13-17)21(19-10-6-3-7-11-19)16-18-8-4-2-5-9-18/h2-15H,16H2,1H3. The van der Waals surface area contributed by atoms with Gasteiger partial charge in [-0.25, -0.2) is 0 Å². The summed E-state index contributed by atoms with van der Waals surface area (Å²) in [6.45, 7) is 2.13. The van der Waals surface area contributed by atoms with Crippen molar-refractivity contribution < 1.29 is 0 Å². The lowest BCUT2D eigenvalue weighted by atomic mass is 9.86. The molecule has 0 bridgehead atoms. The van der Waals surface area contributed by atoms with Crippen LogP contribution in [0.25, 0.3) is 0 Å². The second-order valence-corrected chi connectivity index (χ2v) is 5.37. The van der Waals surface area contributed by atoms with E-state index in [1.54, 1.807) is 0 Å². The summed E-state index contributed by atoms with van der Waals surface area (Å²) in [5.41, 5.74) is 5.24. The molecule has 0 heteroatoms. The summed E-state index contributed by atoms with van der Waals surface area (Å²) in [5, 5.41) is 0. The van der Waals surface area contributed by atoms with Crippen LogP contribution in [0.15, 0.2) is 84.9 Å². The van der Waals surface area contributed by atoms with Crippen molar-refractivity contribution in [2.24, 2.45) is 0 Å². The van der Waals surface area contributed by atoms with E-state index >= 15 is 0 Å². The zero-order valence-corrected chi connectivity index (χ0v) is 12.3. The quantitative estimate of drug-likeness (QED) is 0.611. The van der Waals surface area contributed by atoms with Gasteiger partial charge in [0, 0.05) is 5.92 Å². The lowest BCUT2D eigenvalue weighted by Crippen LogP contribution is -2.06. The van der Waals surface area contributed by atoms with Crippen molar-refractivity contribution in [2.45, 2.75) is 13.3 Å². The Morgan fingerprint density at radius 1 is 0.619 bits per heavy atom. The minimum Gasteiger partial charge on any atom is -0.0622 e. The van der Waals surface area contributed by atoms with Crippen LogP contribution in [0.1, 0.15) is 22.3 Å². The average molecular weight is 271 g/mol. The number of hydrogen-bond acceptors (Lipinski definition) is 0. The predicted molar refractivity (Wildman–Crippen MR) is 89.2 cm³/mol. The van der Waals surface area contributed by atoms with Crippen LogP contribution in [0, 0.1) is 12.8 Å². The molecule has 3 aromatic carbocycles. The molecule has 3 aromatic rings. The first-order valence-electron chi connectivity index (χ1n) is 7.35. The molecule has 0 aliphatic carbocycles. The van der Waals surface area contributed by atoms with E-state index < -0.39 is 0 Å². The largest absolute Gasteiger partial charge is 0.0622 e. The first kappa shape index (κ1) is 13.6. The van der Waals surface area contributed by atoms with Crippen molar-refractivity contribution in [3.05, 3.63) is 113 Å². The van der Waals surface area contributed by atoms with Gasteiger partial charge in [-0.05, 0) is 30.0 Å². The third-order valence-electron chi connectivity index (χ3n) is 3.75. The molecular formula is C21H19. The molecule has 0 aliphatic heterocycles. The Morgan fingerprint density at radius 3 is 1.76 bits per heavy atom. The first-order chi connectivity index (χ1) is 10.3. The fourth-order valence-corrected chi connectivity index (χ4v) is 2.56. The third-order valence-corrected chi connectivity index (χ3v) is 3.75. The van der Waals surface area contributed by atoms with Gasteiger partial charge in [0.25, 0.3) is 0 Å².